The third kappa shape index (κ3) is 4.34. The monoisotopic (exact) mass is 645 g/mol. The molecule has 0 amide bonds. The molecule has 0 aromatic rings. The second-order valence-corrected chi connectivity index (χ2v) is 18.6. The van der Waals surface area contributed by atoms with Crippen LogP contribution in [-0.4, -0.2) is 96.7 Å². The van der Waals surface area contributed by atoms with Crippen molar-refractivity contribution >= 4 is 5.97 Å². The van der Waals surface area contributed by atoms with Crippen LogP contribution < -0.4 is 0 Å². The van der Waals surface area contributed by atoms with Crippen LogP contribution in [0.1, 0.15) is 107 Å². The van der Waals surface area contributed by atoms with Gasteiger partial charge >= 0.3 is 5.97 Å². The van der Waals surface area contributed by atoms with Crippen molar-refractivity contribution in [3.05, 3.63) is 0 Å². The van der Waals surface area contributed by atoms with E-state index in [9.17, 15) is 15.0 Å². The van der Waals surface area contributed by atoms with Crippen LogP contribution in [0.15, 0.2) is 0 Å². The molecule has 7 aliphatic rings. The Kier molecular flexibility index (Phi) is 7.96. The molecule has 7 rings (SSSR count). The van der Waals surface area contributed by atoms with Crippen molar-refractivity contribution in [2.45, 2.75) is 149 Å². The smallest absolute Gasteiger partial charge is 0.326 e. The molecule has 0 bridgehead atoms. The van der Waals surface area contributed by atoms with E-state index in [0.29, 0.717) is 37.6 Å². The molecule has 2 heterocycles. The van der Waals surface area contributed by atoms with Gasteiger partial charge in [0.15, 0.2) is 0 Å². The Morgan fingerprint density at radius 2 is 1.76 bits per heavy atom. The highest BCUT2D eigenvalue weighted by atomic mass is 16.6. The molecule has 46 heavy (non-hydrogen) atoms. The average molecular weight is 646 g/mol. The Hall–Kier alpha value is -0.770. The van der Waals surface area contributed by atoms with E-state index in [4.69, 9.17) is 18.9 Å². The number of hydrogen-bond acceptors (Lipinski definition) is 8. The molecule has 0 aromatic heterocycles. The quantitative estimate of drug-likeness (QED) is 0.380. The van der Waals surface area contributed by atoms with Crippen LogP contribution in [0.2, 0.25) is 0 Å². The van der Waals surface area contributed by atoms with Crippen LogP contribution in [0.5, 0.6) is 0 Å². The second-order valence-electron chi connectivity index (χ2n) is 18.6. The van der Waals surface area contributed by atoms with Gasteiger partial charge in [-0.2, -0.15) is 0 Å². The average Bonchev–Trinajstić information content (AvgIpc) is 3.61. The highest BCUT2D eigenvalue weighted by molar-refractivity contribution is 5.76. The van der Waals surface area contributed by atoms with Crippen LogP contribution >= 0.6 is 0 Å². The summed E-state index contributed by atoms with van der Waals surface area (Å²) in [4.78, 5) is 15.5. The van der Waals surface area contributed by atoms with Gasteiger partial charge in [0.2, 0.25) is 0 Å². The van der Waals surface area contributed by atoms with Gasteiger partial charge in [-0.25, -0.2) is 0 Å². The first kappa shape index (κ1) is 33.7. The van der Waals surface area contributed by atoms with Gasteiger partial charge in [-0.05, 0) is 119 Å². The molecule has 14 atom stereocenters. The molecule has 2 N–H and O–H groups in total. The predicted octanol–water partition coefficient (Wildman–Crippen LogP) is 5.22. The molecule has 5 aliphatic carbocycles. The second kappa shape index (κ2) is 10.9. The Morgan fingerprint density at radius 1 is 1.07 bits per heavy atom. The lowest BCUT2D eigenvalue weighted by Gasteiger charge is -2.63. The topological polar surface area (TPSA) is 97.7 Å². The summed E-state index contributed by atoms with van der Waals surface area (Å²) in [6.45, 7) is 19.9. The number of aliphatic hydroxyl groups is 2. The first-order chi connectivity index (χ1) is 21.5. The lowest BCUT2D eigenvalue weighted by molar-refractivity contribution is -0.215. The largest absolute Gasteiger partial charge is 0.461 e. The van der Waals surface area contributed by atoms with Crippen LogP contribution in [0.4, 0.5) is 0 Å². The van der Waals surface area contributed by atoms with Crippen molar-refractivity contribution in [1.82, 2.24) is 4.90 Å². The SMILES string of the molecule is CCO[C@@H]([C@H]1C[C@@H](C)[C@H]2[C@H](O1)[C@H](O)[C@@]1(C)[C@@H]3CC[C@H]4C(C)(C)[C@@H](OC(=O)C5COCCN5C)CCC45C[C@@]35CC[C@]21C)C(C)(C)O. The third-order valence-electron chi connectivity index (χ3n) is 16.1. The lowest BCUT2D eigenvalue weighted by atomic mass is 9.41. The Morgan fingerprint density at radius 3 is 2.43 bits per heavy atom. The standard InChI is InChI=1S/C38H63NO7/c1-10-44-31(34(5,6)42)24-19-22(2)28-29(45-24)30(40)36(8)26-12-11-25-33(3,4)27(46-32(41)23-20-43-18-17-39(23)9)13-14-37(25)21-38(26,37)16-15-35(28,36)7/h22-31,40,42H,10-21H2,1-9H3/t22-,23?,24-,25+,26+,27+,28+,29+,30+,31+,35-,36-,37?,38+/m1/s1. The molecule has 2 unspecified atom stereocenters. The fourth-order valence-corrected chi connectivity index (χ4v) is 13.8. The van der Waals surface area contributed by atoms with Gasteiger partial charge in [-0.1, -0.05) is 34.6 Å². The molecule has 5 saturated carbocycles. The van der Waals surface area contributed by atoms with Gasteiger partial charge in [-0.15, -0.1) is 0 Å². The highest BCUT2D eigenvalue weighted by Gasteiger charge is 2.84. The van der Waals surface area contributed by atoms with Gasteiger partial charge in [0, 0.05) is 24.0 Å². The first-order valence-electron chi connectivity index (χ1n) is 18.7. The van der Waals surface area contributed by atoms with Crippen molar-refractivity contribution in [3.8, 4) is 0 Å². The maximum Gasteiger partial charge on any atom is 0.326 e. The fraction of sp³-hybridized carbons (Fsp3) is 0.974. The summed E-state index contributed by atoms with van der Waals surface area (Å²) in [7, 11) is 1.99. The summed E-state index contributed by atoms with van der Waals surface area (Å²) in [6, 6.07) is -0.316. The Balaban J connectivity index is 1.14. The summed E-state index contributed by atoms with van der Waals surface area (Å²) in [6.07, 6.45) is 7.15. The first-order valence-corrected chi connectivity index (χ1v) is 18.7. The number of fused-ring (bicyclic) bond motifs is 4. The van der Waals surface area contributed by atoms with E-state index in [0.717, 1.165) is 45.1 Å². The number of rotatable bonds is 6. The van der Waals surface area contributed by atoms with Crippen molar-refractivity contribution < 1.29 is 34.0 Å². The Labute approximate surface area is 277 Å². The Bertz CT molecular complexity index is 1200. The minimum Gasteiger partial charge on any atom is -0.461 e. The van der Waals surface area contributed by atoms with Crippen molar-refractivity contribution in [2.24, 2.45) is 50.7 Å². The third-order valence-corrected chi connectivity index (χ3v) is 16.1. The number of morpholine rings is 1. The molecule has 2 spiro atoms. The van der Waals surface area contributed by atoms with Gasteiger partial charge in [0.05, 0.1) is 37.1 Å². The van der Waals surface area contributed by atoms with Crippen LogP contribution in [0.3, 0.4) is 0 Å². The molecule has 8 nitrogen and oxygen atoms in total. The van der Waals surface area contributed by atoms with Gasteiger partial charge < -0.3 is 29.2 Å². The summed E-state index contributed by atoms with van der Waals surface area (Å²) in [5.41, 5.74) is -0.878. The van der Waals surface area contributed by atoms with E-state index < -0.39 is 17.8 Å². The van der Waals surface area contributed by atoms with E-state index in [1.165, 1.54) is 12.8 Å². The molecule has 8 heteroatoms. The van der Waals surface area contributed by atoms with Crippen molar-refractivity contribution in [3.63, 3.8) is 0 Å². The zero-order chi connectivity index (χ0) is 33.2. The van der Waals surface area contributed by atoms with E-state index >= 15 is 0 Å². The van der Waals surface area contributed by atoms with Gasteiger partial charge in [0.1, 0.15) is 18.2 Å². The molecule has 7 fully saturated rings. The molecule has 2 aliphatic heterocycles. The number of likely N-dealkylation sites (N-methyl/N-ethyl adjacent to an activating group) is 1. The maximum absolute atomic E-state index is 13.4. The van der Waals surface area contributed by atoms with Crippen molar-refractivity contribution in [1.29, 1.82) is 0 Å². The molecular formula is C38H63NO7. The molecule has 2 saturated heterocycles. The maximum atomic E-state index is 13.4. The van der Waals surface area contributed by atoms with E-state index in [2.05, 4.69) is 39.5 Å². The number of carbonyl (C=O) groups is 1. The highest BCUT2D eigenvalue weighted by Crippen LogP contribution is 2.89. The van der Waals surface area contributed by atoms with Crippen LogP contribution in [-0.2, 0) is 23.7 Å². The van der Waals surface area contributed by atoms with Crippen LogP contribution in [0, 0.1) is 50.7 Å². The fourth-order valence-electron chi connectivity index (χ4n) is 13.8. The molecular weight excluding hydrogens is 582 g/mol. The summed E-state index contributed by atoms with van der Waals surface area (Å²) in [5.74, 6) is 1.48. The van der Waals surface area contributed by atoms with E-state index in [1.54, 1.807) is 0 Å². The van der Waals surface area contributed by atoms with Gasteiger partial charge in [-0.3, -0.25) is 9.69 Å². The summed E-state index contributed by atoms with van der Waals surface area (Å²) < 4.78 is 25.1. The zero-order valence-electron chi connectivity index (χ0n) is 30.1. The summed E-state index contributed by atoms with van der Waals surface area (Å²) >= 11 is 0. The van der Waals surface area contributed by atoms with Crippen LogP contribution in [0.25, 0.3) is 0 Å². The number of aliphatic hydroxyl groups excluding tert-OH is 1. The number of ether oxygens (including phenoxy) is 4. The normalized spacial score (nSPS) is 51.9. The molecule has 0 radical (unpaired) electrons. The summed E-state index contributed by atoms with van der Waals surface area (Å²) in [5, 5.41) is 23.6. The molecule has 0 aromatic carbocycles. The van der Waals surface area contributed by atoms with Crippen molar-refractivity contribution in [2.75, 3.05) is 33.4 Å². The minimum absolute atomic E-state index is 0.0137. The lowest BCUT2D eigenvalue weighted by Crippen LogP contribution is -2.60. The van der Waals surface area contributed by atoms with Gasteiger partial charge in [0.25, 0.3) is 0 Å². The number of esters is 1. The number of carbonyl (C=O) groups excluding carboxylic acids is 1. The minimum atomic E-state index is -1.03. The van der Waals surface area contributed by atoms with E-state index in [1.807, 2.05) is 27.8 Å². The number of hydrogen-bond donors (Lipinski definition) is 2. The molecule has 262 valence electrons. The van der Waals surface area contributed by atoms with E-state index in [-0.39, 0.29) is 63.3 Å². The predicted molar refractivity (Wildman–Crippen MR) is 175 cm³/mol. The zero-order valence-corrected chi connectivity index (χ0v) is 30.1. The number of nitrogens with zero attached hydrogens (tertiary/aromatic N) is 1.